The molecule has 1 heterocycles. The predicted molar refractivity (Wildman–Crippen MR) is 177 cm³/mol. The largest absolute Gasteiger partial charge is 0.456 e. The van der Waals surface area contributed by atoms with Gasteiger partial charge in [0.05, 0.1) is 11.0 Å². The van der Waals surface area contributed by atoms with E-state index >= 15 is 0 Å². The van der Waals surface area contributed by atoms with Crippen LogP contribution < -0.4 is 0 Å². The molecule has 0 fully saturated rings. The van der Waals surface area contributed by atoms with Crippen LogP contribution in [0.4, 0.5) is 0 Å². The van der Waals surface area contributed by atoms with E-state index < -0.39 is 24.2 Å². The van der Waals surface area contributed by atoms with Crippen molar-refractivity contribution in [2.75, 3.05) is 0 Å². The summed E-state index contributed by atoms with van der Waals surface area (Å²) in [6.07, 6.45) is 0. The average Bonchev–Trinajstić information content (AvgIpc) is 3.62. The van der Waals surface area contributed by atoms with Crippen LogP contribution in [0.3, 0.4) is 0 Å². The molecule has 1 aliphatic carbocycles. The van der Waals surface area contributed by atoms with Gasteiger partial charge in [0, 0.05) is 16.2 Å². The van der Waals surface area contributed by atoms with E-state index in [9.17, 15) is 5.48 Å². The molecule has 7 aromatic carbocycles. The normalized spacial score (nSPS) is 16.3. The van der Waals surface area contributed by atoms with E-state index in [0.29, 0.717) is 38.8 Å². The lowest BCUT2D eigenvalue weighted by Crippen LogP contribution is -2.14. The van der Waals surface area contributed by atoms with Crippen LogP contribution in [0.5, 0.6) is 0 Å². The molecule has 0 amide bonds. The SMILES string of the molecule is [2H]c1c([2H])c([2H])c2c(-c3cccc4oc5ccccc5c34)c3c([2H])c([2H])c([2H])c([2H])c3c(-c3ccc4c(c3)-c3ccccc3C4(C)C)c2c1[2H]. The fourth-order valence-corrected chi connectivity index (χ4v) is 7.04. The van der Waals surface area contributed by atoms with Crippen molar-refractivity contribution >= 4 is 43.5 Å². The van der Waals surface area contributed by atoms with Gasteiger partial charge in [-0.1, -0.05) is 129 Å². The Morgan fingerprint density at radius 2 is 1.12 bits per heavy atom. The maximum absolute atomic E-state index is 9.37. The number of fused-ring (bicyclic) bond motifs is 8. The molecule has 1 heteroatoms. The van der Waals surface area contributed by atoms with Crippen molar-refractivity contribution in [1.82, 2.24) is 0 Å². The monoisotopic (exact) mass is 544 g/mol. The molecular formula is C41H28O. The summed E-state index contributed by atoms with van der Waals surface area (Å²) in [7, 11) is 0. The van der Waals surface area contributed by atoms with Crippen LogP contribution in [-0.2, 0) is 5.41 Å². The summed E-state index contributed by atoms with van der Waals surface area (Å²) in [6.45, 7) is 4.34. The number of para-hydroxylation sites is 1. The maximum Gasteiger partial charge on any atom is 0.136 e. The molecule has 0 saturated carbocycles. The molecule has 8 aromatic rings. The number of furan rings is 1. The Labute approximate surface area is 255 Å². The molecule has 1 aromatic heterocycles. The molecule has 0 atom stereocenters. The van der Waals surface area contributed by atoms with Crippen molar-refractivity contribution < 1.29 is 15.4 Å². The molecule has 9 rings (SSSR count). The van der Waals surface area contributed by atoms with Crippen molar-refractivity contribution in [2.45, 2.75) is 19.3 Å². The fraction of sp³-hybridized carbons (Fsp3) is 0.0732. The summed E-state index contributed by atoms with van der Waals surface area (Å²) in [5.41, 5.74) is 7.00. The molecule has 0 bridgehead atoms. The summed E-state index contributed by atoms with van der Waals surface area (Å²) in [5.74, 6) is 0. The predicted octanol–water partition coefficient (Wildman–Crippen LogP) is 11.5. The highest BCUT2D eigenvalue weighted by atomic mass is 16.3. The first kappa shape index (κ1) is 17.0. The smallest absolute Gasteiger partial charge is 0.136 e. The van der Waals surface area contributed by atoms with Crippen LogP contribution in [0.25, 0.3) is 76.9 Å². The molecule has 42 heavy (non-hydrogen) atoms. The Hall–Kier alpha value is -5.14. The van der Waals surface area contributed by atoms with Gasteiger partial charge in [0.1, 0.15) is 11.2 Å². The number of hydrogen-bond acceptors (Lipinski definition) is 1. The van der Waals surface area contributed by atoms with E-state index in [4.69, 9.17) is 9.90 Å². The Kier molecular flexibility index (Phi) is 3.41. The lowest BCUT2D eigenvalue weighted by atomic mass is 9.81. The first-order chi connectivity index (χ1) is 23.9. The molecule has 1 aliphatic rings. The van der Waals surface area contributed by atoms with Gasteiger partial charge >= 0.3 is 0 Å². The third-order valence-electron chi connectivity index (χ3n) is 8.92. The van der Waals surface area contributed by atoms with Gasteiger partial charge in [-0.3, -0.25) is 0 Å². The van der Waals surface area contributed by atoms with Gasteiger partial charge in [-0.25, -0.2) is 0 Å². The second-order valence-corrected chi connectivity index (χ2v) is 11.5. The van der Waals surface area contributed by atoms with Gasteiger partial charge in [0.15, 0.2) is 0 Å². The number of hydrogen-bond donors (Lipinski definition) is 0. The average molecular weight is 545 g/mol. The van der Waals surface area contributed by atoms with E-state index in [-0.39, 0.29) is 51.1 Å². The zero-order chi connectivity index (χ0) is 35.0. The lowest BCUT2D eigenvalue weighted by Gasteiger charge is -2.22. The van der Waals surface area contributed by atoms with Crippen molar-refractivity contribution in [1.29, 1.82) is 0 Å². The van der Waals surface area contributed by atoms with E-state index in [1.54, 1.807) is 6.07 Å². The third-order valence-corrected chi connectivity index (χ3v) is 8.92. The van der Waals surface area contributed by atoms with Crippen LogP contribution in [0.2, 0.25) is 0 Å². The zero-order valence-corrected chi connectivity index (χ0v) is 23.0. The minimum Gasteiger partial charge on any atom is -0.456 e. The Balaban J connectivity index is 1.55. The van der Waals surface area contributed by atoms with Gasteiger partial charge < -0.3 is 4.42 Å². The summed E-state index contributed by atoms with van der Waals surface area (Å²) in [5, 5.41) is 2.22. The second kappa shape index (κ2) is 8.44. The topological polar surface area (TPSA) is 13.1 Å². The van der Waals surface area contributed by atoms with Crippen molar-refractivity contribution in [3.63, 3.8) is 0 Å². The fourth-order valence-electron chi connectivity index (χ4n) is 7.04. The first-order valence-electron chi connectivity index (χ1n) is 18.0. The van der Waals surface area contributed by atoms with Gasteiger partial charge in [-0.15, -0.1) is 0 Å². The van der Waals surface area contributed by atoms with Crippen molar-refractivity contribution in [2.24, 2.45) is 0 Å². The van der Waals surface area contributed by atoms with E-state index in [1.165, 1.54) is 5.56 Å². The molecule has 1 nitrogen and oxygen atoms in total. The minimum atomic E-state index is -0.427. The lowest BCUT2D eigenvalue weighted by molar-refractivity contribution is 0.660. The summed E-state index contributed by atoms with van der Waals surface area (Å²) < 4.78 is 78.9. The molecule has 0 radical (unpaired) electrons. The Morgan fingerprint density at radius 1 is 0.524 bits per heavy atom. The number of benzene rings is 7. The van der Waals surface area contributed by atoms with Gasteiger partial charge in [-0.05, 0) is 84.3 Å². The maximum atomic E-state index is 9.37. The third kappa shape index (κ3) is 3.08. The highest BCUT2D eigenvalue weighted by molar-refractivity contribution is 6.25. The van der Waals surface area contributed by atoms with Gasteiger partial charge in [0.25, 0.3) is 0 Å². The summed E-state index contributed by atoms with van der Waals surface area (Å²) in [6, 6.07) is 24.3. The Bertz CT molecular complexity index is 2750. The molecule has 0 spiro atoms. The van der Waals surface area contributed by atoms with Gasteiger partial charge in [0.2, 0.25) is 0 Å². The quantitative estimate of drug-likeness (QED) is 0.197. The van der Waals surface area contributed by atoms with E-state index in [0.717, 1.165) is 22.1 Å². The molecule has 0 unspecified atom stereocenters. The van der Waals surface area contributed by atoms with Crippen molar-refractivity contribution in [3.05, 3.63) is 144 Å². The molecule has 0 N–H and O–H groups in total. The zero-order valence-electron chi connectivity index (χ0n) is 31.0. The van der Waals surface area contributed by atoms with Crippen molar-refractivity contribution in [3.8, 4) is 33.4 Å². The van der Waals surface area contributed by atoms with Crippen LogP contribution in [0, 0.1) is 0 Å². The highest BCUT2D eigenvalue weighted by Gasteiger charge is 2.35. The second-order valence-electron chi connectivity index (χ2n) is 11.5. The summed E-state index contributed by atoms with van der Waals surface area (Å²) >= 11 is 0. The molecular weight excluding hydrogens is 508 g/mol. The number of rotatable bonds is 2. The summed E-state index contributed by atoms with van der Waals surface area (Å²) in [4.78, 5) is 0. The highest BCUT2D eigenvalue weighted by Crippen LogP contribution is 2.51. The van der Waals surface area contributed by atoms with Gasteiger partial charge in [-0.2, -0.15) is 0 Å². The van der Waals surface area contributed by atoms with Crippen LogP contribution in [-0.4, -0.2) is 0 Å². The molecule has 0 aliphatic heterocycles. The van der Waals surface area contributed by atoms with E-state index in [1.807, 2.05) is 66.7 Å². The molecule has 198 valence electrons. The standard InChI is InChI=1S/C41H28O/c1-41(2)34-19-9-7-12-26(34)33-24-25(22-23-35(33)41)38-27-13-3-5-15-29(27)39(30-16-6-4-14-28(30)38)32-18-11-21-37-40(32)31-17-8-10-20-36(31)42-37/h3-24H,1-2H3/i3D,4D,5D,6D,13D,14D,15D,16D. The Morgan fingerprint density at radius 3 is 1.88 bits per heavy atom. The van der Waals surface area contributed by atoms with E-state index in [2.05, 4.69) is 26.0 Å². The minimum absolute atomic E-state index is 0.183. The van der Waals surface area contributed by atoms with Crippen LogP contribution in [0.1, 0.15) is 35.9 Å². The molecule has 0 saturated heterocycles. The van der Waals surface area contributed by atoms with Crippen LogP contribution in [0.15, 0.2) is 138 Å². The van der Waals surface area contributed by atoms with Crippen LogP contribution >= 0.6 is 0 Å². The first-order valence-corrected chi connectivity index (χ1v) is 14.0.